The molecule has 1 aliphatic rings. The van der Waals surface area contributed by atoms with E-state index in [9.17, 15) is 0 Å². The fourth-order valence-corrected chi connectivity index (χ4v) is 4.23. The highest BCUT2D eigenvalue weighted by molar-refractivity contribution is 5.86. The number of nitrogen functional groups attached to an aromatic ring is 1. The van der Waals surface area contributed by atoms with Crippen LogP contribution >= 0.6 is 0 Å². The maximum atomic E-state index is 5.74. The van der Waals surface area contributed by atoms with E-state index >= 15 is 0 Å². The molecule has 0 aliphatic carbocycles. The number of rotatable bonds is 5. The second-order valence-electron chi connectivity index (χ2n) is 8.14. The predicted molar refractivity (Wildman–Crippen MR) is 114 cm³/mol. The van der Waals surface area contributed by atoms with Gasteiger partial charge in [-0.05, 0) is 41.5 Å². The third kappa shape index (κ3) is 4.39. The zero-order valence-electron chi connectivity index (χ0n) is 16.6. The molecule has 1 saturated heterocycles. The molecule has 0 spiro atoms. The van der Waals surface area contributed by atoms with Gasteiger partial charge in [0, 0.05) is 26.2 Å². The Morgan fingerprint density at radius 1 is 1.00 bits per heavy atom. The van der Waals surface area contributed by atoms with E-state index in [-0.39, 0.29) is 0 Å². The van der Waals surface area contributed by atoms with E-state index in [0.29, 0.717) is 18.0 Å². The minimum atomic E-state index is 0.463. The van der Waals surface area contributed by atoms with Crippen LogP contribution in [0.1, 0.15) is 31.4 Å². The molecule has 2 atom stereocenters. The number of aromatic nitrogens is 3. The molecule has 3 N–H and O–H groups in total. The number of likely N-dealkylation sites (tertiary alicyclic amines) is 1. The third-order valence-corrected chi connectivity index (χ3v) is 5.35. The van der Waals surface area contributed by atoms with Gasteiger partial charge in [0.25, 0.3) is 0 Å². The van der Waals surface area contributed by atoms with Crippen molar-refractivity contribution in [3.63, 3.8) is 0 Å². The van der Waals surface area contributed by atoms with Gasteiger partial charge < -0.3 is 11.1 Å². The lowest BCUT2D eigenvalue weighted by atomic mass is 9.91. The molecule has 0 amide bonds. The first-order chi connectivity index (χ1) is 13.6. The molecule has 3 aromatic rings. The van der Waals surface area contributed by atoms with Crippen LogP contribution in [0.25, 0.3) is 11.0 Å². The molecular formula is C22H28N6. The van der Waals surface area contributed by atoms with Crippen molar-refractivity contribution < 1.29 is 0 Å². The summed E-state index contributed by atoms with van der Waals surface area (Å²) in [5.41, 5.74) is 8.94. The number of pyridine rings is 1. The Kier molecular flexibility index (Phi) is 5.39. The fourth-order valence-electron chi connectivity index (χ4n) is 4.23. The van der Waals surface area contributed by atoms with Gasteiger partial charge in [-0.3, -0.25) is 4.90 Å². The Morgan fingerprint density at radius 3 is 2.46 bits per heavy atom. The number of piperidine rings is 1. The Bertz CT molecular complexity index is 929. The Labute approximate surface area is 166 Å². The highest BCUT2D eigenvalue weighted by atomic mass is 15.1. The number of anilines is 2. The molecule has 1 aromatic carbocycles. The van der Waals surface area contributed by atoms with Crippen molar-refractivity contribution in [3.8, 4) is 0 Å². The molecule has 6 heteroatoms. The number of nitrogens with two attached hydrogens (primary N) is 1. The lowest BCUT2D eigenvalue weighted by Crippen LogP contribution is -2.38. The Morgan fingerprint density at radius 2 is 1.71 bits per heavy atom. The van der Waals surface area contributed by atoms with Crippen molar-refractivity contribution >= 4 is 22.7 Å². The zero-order valence-corrected chi connectivity index (χ0v) is 16.6. The molecule has 146 valence electrons. The summed E-state index contributed by atoms with van der Waals surface area (Å²) in [7, 11) is 0. The minimum absolute atomic E-state index is 0.463. The van der Waals surface area contributed by atoms with Gasteiger partial charge in [0.2, 0.25) is 0 Å². The third-order valence-electron chi connectivity index (χ3n) is 5.35. The average molecular weight is 377 g/mol. The van der Waals surface area contributed by atoms with Crippen LogP contribution in [0.3, 0.4) is 0 Å². The number of nitrogens with zero attached hydrogens (tertiary/aromatic N) is 4. The topological polar surface area (TPSA) is 80.0 Å². The lowest BCUT2D eigenvalue weighted by molar-refractivity contribution is 0.134. The first kappa shape index (κ1) is 18.6. The second-order valence-corrected chi connectivity index (χ2v) is 8.14. The summed E-state index contributed by atoms with van der Waals surface area (Å²) in [6.45, 7) is 8.86. The normalized spacial score (nSPS) is 20.4. The van der Waals surface area contributed by atoms with Crippen molar-refractivity contribution in [3.05, 3.63) is 53.9 Å². The van der Waals surface area contributed by atoms with E-state index in [0.717, 1.165) is 29.6 Å². The number of nitrogens with one attached hydrogen (secondary N) is 1. The molecule has 28 heavy (non-hydrogen) atoms. The maximum Gasteiger partial charge on any atom is 0.166 e. The number of fused-ring (bicyclic) bond motifs is 1. The summed E-state index contributed by atoms with van der Waals surface area (Å²) in [6.07, 6.45) is 2.86. The molecule has 2 aromatic heterocycles. The van der Waals surface area contributed by atoms with Gasteiger partial charge in [-0.1, -0.05) is 38.1 Å². The molecule has 3 heterocycles. The first-order valence-electron chi connectivity index (χ1n) is 9.98. The molecule has 6 nitrogen and oxygen atoms in total. The molecule has 4 rings (SSSR count). The first-order valence-corrected chi connectivity index (χ1v) is 9.98. The van der Waals surface area contributed by atoms with Gasteiger partial charge in [0.1, 0.15) is 18.0 Å². The van der Waals surface area contributed by atoms with Gasteiger partial charge in [0.05, 0.1) is 5.39 Å². The van der Waals surface area contributed by atoms with Crippen LogP contribution in [0.4, 0.5) is 11.6 Å². The van der Waals surface area contributed by atoms with Crippen LogP contribution < -0.4 is 11.1 Å². The lowest BCUT2D eigenvalue weighted by Gasteiger charge is -2.35. The highest BCUT2D eigenvalue weighted by Crippen LogP contribution is 2.23. The Hall–Kier alpha value is -2.73. The summed E-state index contributed by atoms with van der Waals surface area (Å²) in [5, 5.41) is 4.27. The van der Waals surface area contributed by atoms with Gasteiger partial charge in [-0.15, -0.1) is 0 Å². The van der Waals surface area contributed by atoms with Crippen LogP contribution in [-0.2, 0) is 13.1 Å². The predicted octanol–water partition coefficient (Wildman–Crippen LogP) is 3.70. The van der Waals surface area contributed by atoms with Gasteiger partial charge >= 0.3 is 0 Å². The SMILES string of the molecule is CC1CC(C)CN(Cc2ccc(CNc3ncnc4nc(N)ccc34)cc2)C1. The smallest absolute Gasteiger partial charge is 0.166 e. The average Bonchev–Trinajstić information content (AvgIpc) is 2.66. The minimum Gasteiger partial charge on any atom is -0.384 e. The van der Waals surface area contributed by atoms with Crippen LogP contribution in [0, 0.1) is 11.8 Å². The van der Waals surface area contributed by atoms with E-state index in [4.69, 9.17) is 5.73 Å². The van der Waals surface area contributed by atoms with Crippen LogP contribution in [-0.4, -0.2) is 32.9 Å². The zero-order chi connectivity index (χ0) is 19.5. The summed E-state index contributed by atoms with van der Waals surface area (Å²) in [6, 6.07) is 12.5. The number of benzene rings is 1. The van der Waals surface area contributed by atoms with E-state index in [1.165, 1.54) is 37.0 Å². The molecule has 1 fully saturated rings. The van der Waals surface area contributed by atoms with Crippen LogP contribution in [0.15, 0.2) is 42.7 Å². The molecule has 0 bridgehead atoms. The van der Waals surface area contributed by atoms with Crippen molar-refractivity contribution in [1.29, 1.82) is 0 Å². The number of hydrogen-bond donors (Lipinski definition) is 2. The molecular weight excluding hydrogens is 348 g/mol. The summed E-state index contributed by atoms with van der Waals surface area (Å²) in [5.74, 6) is 2.82. The maximum absolute atomic E-state index is 5.74. The molecule has 2 unspecified atom stereocenters. The van der Waals surface area contributed by atoms with Gasteiger partial charge in [0.15, 0.2) is 5.65 Å². The van der Waals surface area contributed by atoms with E-state index in [1.54, 1.807) is 6.07 Å². The van der Waals surface area contributed by atoms with Crippen LogP contribution in [0.2, 0.25) is 0 Å². The Balaban J connectivity index is 1.39. The standard InChI is InChI=1S/C22H28N6/c1-15-9-16(2)12-28(11-15)13-18-5-3-17(4-6-18)10-24-21-19-7-8-20(23)27-22(19)26-14-25-21/h3-8,14-16H,9-13H2,1-2H3,(H3,23,24,25,26,27). The summed E-state index contributed by atoms with van der Waals surface area (Å²) in [4.78, 5) is 15.4. The quantitative estimate of drug-likeness (QED) is 0.707. The fraction of sp³-hybridized carbons (Fsp3) is 0.409. The largest absolute Gasteiger partial charge is 0.384 e. The number of hydrogen-bond acceptors (Lipinski definition) is 6. The van der Waals surface area contributed by atoms with Gasteiger partial charge in [-0.2, -0.15) is 0 Å². The molecule has 0 saturated carbocycles. The van der Waals surface area contributed by atoms with Crippen molar-refractivity contribution in [2.45, 2.75) is 33.4 Å². The van der Waals surface area contributed by atoms with E-state index in [1.807, 2.05) is 6.07 Å². The highest BCUT2D eigenvalue weighted by Gasteiger charge is 2.21. The summed E-state index contributed by atoms with van der Waals surface area (Å²) < 4.78 is 0. The van der Waals surface area contributed by atoms with Crippen molar-refractivity contribution in [2.24, 2.45) is 11.8 Å². The second kappa shape index (κ2) is 8.10. The monoisotopic (exact) mass is 376 g/mol. The van der Waals surface area contributed by atoms with Gasteiger partial charge in [-0.25, -0.2) is 15.0 Å². The van der Waals surface area contributed by atoms with Crippen molar-refractivity contribution in [2.75, 3.05) is 24.1 Å². The summed E-state index contributed by atoms with van der Waals surface area (Å²) >= 11 is 0. The van der Waals surface area contributed by atoms with Crippen LogP contribution in [0.5, 0.6) is 0 Å². The molecule has 0 radical (unpaired) electrons. The molecule has 1 aliphatic heterocycles. The van der Waals surface area contributed by atoms with E-state index in [2.05, 4.69) is 63.3 Å². The van der Waals surface area contributed by atoms with E-state index < -0.39 is 0 Å². The van der Waals surface area contributed by atoms with Crippen molar-refractivity contribution in [1.82, 2.24) is 19.9 Å².